The van der Waals surface area contributed by atoms with Crippen molar-refractivity contribution < 1.29 is 18.7 Å². The monoisotopic (exact) mass is 444 g/mol. The van der Waals surface area contributed by atoms with Gasteiger partial charge in [-0.1, -0.05) is 55.8 Å². The van der Waals surface area contributed by atoms with Gasteiger partial charge in [-0.25, -0.2) is 0 Å². The molecule has 0 aliphatic rings. The molecule has 1 aromatic heterocycles. The average molecular weight is 445 g/mol. The predicted molar refractivity (Wildman–Crippen MR) is 128 cm³/mol. The molecular weight excluding hydrogens is 416 g/mol. The van der Waals surface area contributed by atoms with Crippen LogP contribution >= 0.6 is 0 Å². The van der Waals surface area contributed by atoms with E-state index in [0.717, 1.165) is 18.4 Å². The van der Waals surface area contributed by atoms with Crippen LogP contribution in [0.4, 0.5) is 0 Å². The van der Waals surface area contributed by atoms with E-state index in [1.807, 2.05) is 36.4 Å². The van der Waals surface area contributed by atoms with Gasteiger partial charge in [0.15, 0.2) is 0 Å². The molecule has 0 fully saturated rings. The quantitative estimate of drug-likeness (QED) is 0.245. The third-order valence-electron chi connectivity index (χ3n) is 4.73. The Kier molecular flexibility index (Phi) is 9.09. The highest BCUT2D eigenvalue weighted by atomic mass is 16.5. The minimum Gasteiger partial charge on any atom is -0.494 e. The van der Waals surface area contributed by atoms with Gasteiger partial charge in [0.05, 0.1) is 19.4 Å². The van der Waals surface area contributed by atoms with Gasteiger partial charge in [-0.2, -0.15) is 0 Å². The van der Waals surface area contributed by atoms with E-state index >= 15 is 0 Å². The molecule has 6 heteroatoms. The Balaban J connectivity index is 1.69. The van der Waals surface area contributed by atoms with Gasteiger partial charge >= 0.3 is 0 Å². The molecular formula is C27H28N2O4. The van der Waals surface area contributed by atoms with Crippen molar-refractivity contribution in [3.63, 3.8) is 0 Å². The van der Waals surface area contributed by atoms with Crippen LogP contribution in [0.1, 0.15) is 41.4 Å². The molecule has 3 rings (SSSR count). The van der Waals surface area contributed by atoms with E-state index in [2.05, 4.69) is 17.6 Å². The third kappa shape index (κ3) is 7.85. The molecule has 0 unspecified atom stereocenters. The number of nitrogens with one attached hydrogen (secondary N) is 2. The molecule has 0 atom stereocenters. The Hall–Kier alpha value is -4.06. The summed E-state index contributed by atoms with van der Waals surface area (Å²) in [7, 11) is 0. The SMILES string of the molecule is CCCCOc1ccc(C(=O)N/C(=C/C=C/c2ccccc2)C(=O)NCc2ccco2)cc1. The molecule has 6 nitrogen and oxygen atoms in total. The fourth-order valence-electron chi connectivity index (χ4n) is 2.90. The highest BCUT2D eigenvalue weighted by molar-refractivity contribution is 6.03. The summed E-state index contributed by atoms with van der Waals surface area (Å²) in [5.41, 5.74) is 1.53. The predicted octanol–water partition coefficient (Wildman–Crippen LogP) is 5.10. The van der Waals surface area contributed by atoms with Crippen LogP contribution in [0.5, 0.6) is 5.75 Å². The minimum absolute atomic E-state index is 0.127. The number of carbonyl (C=O) groups excluding carboxylic acids is 2. The number of rotatable bonds is 11. The van der Waals surface area contributed by atoms with Gasteiger partial charge in [0, 0.05) is 5.56 Å². The van der Waals surface area contributed by atoms with Crippen LogP contribution in [-0.2, 0) is 11.3 Å². The molecule has 0 bridgehead atoms. The molecule has 33 heavy (non-hydrogen) atoms. The minimum atomic E-state index is -0.419. The molecule has 3 aromatic rings. The summed E-state index contributed by atoms with van der Waals surface area (Å²) in [5.74, 6) is 0.518. The highest BCUT2D eigenvalue weighted by Gasteiger charge is 2.14. The largest absolute Gasteiger partial charge is 0.494 e. The second kappa shape index (κ2) is 12.7. The van der Waals surface area contributed by atoms with Crippen LogP contribution in [0, 0.1) is 0 Å². The van der Waals surface area contributed by atoms with Crippen LogP contribution < -0.4 is 15.4 Å². The van der Waals surface area contributed by atoms with Crippen molar-refractivity contribution in [1.82, 2.24) is 10.6 Å². The van der Waals surface area contributed by atoms with Crippen molar-refractivity contribution in [3.8, 4) is 5.75 Å². The van der Waals surface area contributed by atoms with Crippen molar-refractivity contribution in [2.75, 3.05) is 6.61 Å². The standard InChI is InChI=1S/C27H28N2O4/c1-2-3-18-32-23-16-14-22(15-17-23)26(30)29-25(13-7-11-21-9-5-4-6-10-21)27(31)28-20-24-12-8-19-33-24/h4-17,19H,2-3,18,20H2,1H3,(H,28,31)(H,29,30)/b11-7+,25-13+. The Labute approximate surface area is 194 Å². The van der Waals surface area contributed by atoms with Gasteiger partial charge < -0.3 is 19.8 Å². The molecule has 0 aliphatic heterocycles. The lowest BCUT2D eigenvalue weighted by atomic mass is 10.2. The van der Waals surface area contributed by atoms with Crippen molar-refractivity contribution >= 4 is 17.9 Å². The molecule has 2 amide bonds. The lowest BCUT2D eigenvalue weighted by Gasteiger charge is -2.11. The first kappa shape index (κ1) is 23.6. The molecule has 0 aliphatic carbocycles. The molecule has 0 radical (unpaired) electrons. The first-order valence-electron chi connectivity index (χ1n) is 10.9. The van der Waals surface area contributed by atoms with E-state index in [9.17, 15) is 9.59 Å². The second-order valence-electron chi connectivity index (χ2n) is 7.29. The van der Waals surface area contributed by atoms with Gasteiger partial charge in [-0.15, -0.1) is 0 Å². The van der Waals surface area contributed by atoms with E-state index in [-0.39, 0.29) is 18.1 Å². The molecule has 2 N–H and O–H groups in total. The molecule has 0 spiro atoms. The zero-order valence-corrected chi connectivity index (χ0v) is 18.6. The van der Waals surface area contributed by atoms with E-state index in [4.69, 9.17) is 9.15 Å². The number of allylic oxidation sites excluding steroid dienone is 2. The molecule has 0 saturated carbocycles. The maximum Gasteiger partial charge on any atom is 0.268 e. The second-order valence-corrected chi connectivity index (χ2v) is 7.29. The number of hydrogen-bond acceptors (Lipinski definition) is 4. The van der Waals surface area contributed by atoms with Crippen LogP contribution in [-0.4, -0.2) is 18.4 Å². The van der Waals surface area contributed by atoms with Crippen LogP contribution in [0.15, 0.2) is 95.3 Å². The number of amides is 2. The van der Waals surface area contributed by atoms with Gasteiger partial charge in [-0.05, 0) is 54.5 Å². The molecule has 0 saturated heterocycles. The van der Waals surface area contributed by atoms with E-state index < -0.39 is 5.91 Å². The lowest BCUT2D eigenvalue weighted by Crippen LogP contribution is -2.34. The molecule has 1 heterocycles. The summed E-state index contributed by atoms with van der Waals surface area (Å²) in [6, 6.07) is 20.0. The van der Waals surface area contributed by atoms with Crippen molar-refractivity contribution in [1.29, 1.82) is 0 Å². The summed E-state index contributed by atoms with van der Waals surface area (Å²) in [4.78, 5) is 25.5. The number of benzene rings is 2. The fraction of sp³-hybridized carbons (Fsp3) is 0.185. The van der Waals surface area contributed by atoms with Crippen molar-refractivity contribution in [2.24, 2.45) is 0 Å². The first-order chi connectivity index (χ1) is 16.2. The van der Waals surface area contributed by atoms with E-state index in [0.29, 0.717) is 23.7 Å². The van der Waals surface area contributed by atoms with E-state index in [1.165, 1.54) is 6.26 Å². The number of carbonyl (C=O) groups is 2. The van der Waals surface area contributed by atoms with Crippen molar-refractivity contribution in [2.45, 2.75) is 26.3 Å². The number of furan rings is 1. The summed E-state index contributed by atoms with van der Waals surface area (Å²) < 4.78 is 10.9. The van der Waals surface area contributed by atoms with Crippen LogP contribution in [0.25, 0.3) is 6.08 Å². The summed E-state index contributed by atoms with van der Waals surface area (Å²) >= 11 is 0. The Bertz CT molecular complexity index is 1070. The van der Waals surface area contributed by atoms with Crippen molar-refractivity contribution in [3.05, 3.63) is 108 Å². The molecule has 170 valence electrons. The highest BCUT2D eigenvalue weighted by Crippen LogP contribution is 2.13. The first-order valence-corrected chi connectivity index (χ1v) is 10.9. The molecule has 2 aromatic carbocycles. The van der Waals surface area contributed by atoms with Gasteiger partial charge in [0.1, 0.15) is 17.2 Å². The maximum atomic E-state index is 12.8. The zero-order valence-electron chi connectivity index (χ0n) is 18.6. The van der Waals surface area contributed by atoms with Crippen LogP contribution in [0.2, 0.25) is 0 Å². The zero-order chi connectivity index (χ0) is 23.3. The maximum absolute atomic E-state index is 12.8. The number of ether oxygens (including phenoxy) is 1. The number of hydrogen-bond donors (Lipinski definition) is 2. The normalized spacial score (nSPS) is 11.4. The lowest BCUT2D eigenvalue weighted by molar-refractivity contribution is -0.118. The Morgan fingerprint density at radius 1 is 1.00 bits per heavy atom. The topological polar surface area (TPSA) is 80.6 Å². The van der Waals surface area contributed by atoms with Gasteiger partial charge in [0.2, 0.25) is 0 Å². The Morgan fingerprint density at radius 2 is 1.79 bits per heavy atom. The van der Waals surface area contributed by atoms with E-state index in [1.54, 1.807) is 48.6 Å². The summed E-state index contributed by atoms with van der Waals surface area (Å²) in [6.45, 7) is 2.95. The third-order valence-corrected chi connectivity index (χ3v) is 4.73. The average Bonchev–Trinajstić information content (AvgIpc) is 3.37. The summed E-state index contributed by atoms with van der Waals surface area (Å²) in [6.07, 6.45) is 8.72. The smallest absolute Gasteiger partial charge is 0.268 e. The Morgan fingerprint density at radius 3 is 2.48 bits per heavy atom. The van der Waals surface area contributed by atoms with Gasteiger partial charge in [0.25, 0.3) is 11.8 Å². The van der Waals surface area contributed by atoms with Crippen LogP contribution in [0.3, 0.4) is 0 Å². The summed E-state index contributed by atoms with van der Waals surface area (Å²) in [5, 5.41) is 5.47. The fourth-order valence-corrected chi connectivity index (χ4v) is 2.90. The number of unbranched alkanes of at least 4 members (excludes halogenated alkanes) is 1. The van der Waals surface area contributed by atoms with Gasteiger partial charge in [-0.3, -0.25) is 9.59 Å².